The van der Waals surface area contributed by atoms with Gasteiger partial charge in [0.1, 0.15) is 0 Å². The second-order valence-corrected chi connectivity index (χ2v) is 3.52. The van der Waals surface area contributed by atoms with Gasteiger partial charge in [0.2, 0.25) is 0 Å². The van der Waals surface area contributed by atoms with Crippen molar-refractivity contribution in [1.82, 2.24) is 0 Å². The van der Waals surface area contributed by atoms with Crippen molar-refractivity contribution in [2.45, 2.75) is 27.2 Å². The summed E-state index contributed by atoms with van der Waals surface area (Å²) in [7, 11) is 0. The first-order valence-corrected chi connectivity index (χ1v) is 4.44. The fraction of sp³-hybridized carbons (Fsp3) is 0.417. The lowest BCUT2D eigenvalue weighted by Gasteiger charge is -2.11. The Morgan fingerprint density at radius 1 is 1.38 bits per heavy atom. The zero-order valence-corrected chi connectivity index (χ0v) is 8.76. The topological polar surface area (TPSA) is 17.1 Å². The Morgan fingerprint density at radius 3 is 2.23 bits per heavy atom. The third kappa shape index (κ3) is 4.46. The molecule has 0 amide bonds. The lowest BCUT2D eigenvalue weighted by Crippen LogP contribution is -2.11. The number of rotatable bonds is 5. The molecule has 1 nitrogen and oxygen atoms in total. The smallest absolute Gasteiger partial charge is 0.162 e. The molecule has 0 aromatic rings. The summed E-state index contributed by atoms with van der Waals surface area (Å²) in [6.07, 6.45) is 4.17. The molecule has 0 heterocycles. The molecule has 0 saturated carbocycles. The van der Waals surface area contributed by atoms with Crippen LogP contribution in [0.2, 0.25) is 0 Å². The van der Waals surface area contributed by atoms with Crippen LogP contribution in [0.25, 0.3) is 0 Å². The first-order valence-electron chi connectivity index (χ1n) is 4.44. The molecule has 0 aliphatic carbocycles. The van der Waals surface area contributed by atoms with E-state index in [2.05, 4.69) is 19.2 Å². The molecule has 0 saturated heterocycles. The summed E-state index contributed by atoms with van der Waals surface area (Å²) in [6, 6.07) is 0. The molecule has 0 radical (unpaired) electrons. The summed E-state index contributed by atoms with van der Waals surface area (Å²) < 4.78 is 0. The SMILES string of the molecule is C=CC(=O)C(CC=C(C)C)C(=C)C. The summed E-state index contributed by atoms with van der Waals surface area (Å²) in [4.78, 5) is 11.4. The Hall–Kier alpha value is -1.11. The van der Waals surface area contributed by atoms with Crippen LogP contribution in [0.3, 0.4) is 0 Å². The zero-order chi connectivity index (χ0) is 10.4. The zero-order valence-electron chi connectivity index (χ0n) is 8.76. The molecule has 72 valence electrons. The van der Waals surface area contributed by atoms with Crippen LogP contribution in [-0.4, -0.2) is 5.78 Å². The lowest BCUT2D eigenvalue weighted by atomic mass is 9.92. The normalized spacial score (nSPS) is 11.6. The fourth-order valence-electron chi connectivity index (χ4n) is 1.06. The summed E-state index contributed by atoms with van der Waals surface area (Å²) >= 11 is 0. The van der Waals surface area contributed by atoms with Gasteiger partial charge in [-0.15, -0.1) is 0 Å². The highest BCUT2D eigenvalue weighted by atomic mass is 16.1. The predicted molar refractivity (Wildman–Crippen MR) is 57.6 cm³/mol. The Bertz CT molecular complexity index is 242. The highest BCUT2D eigenvalue weighted by molar-refractivity contribution is 5.93. The third-order valence-electron chi connectivity index (χ3n) is 1.90. The van der Waals surface area contributed by atoms with Crippen LogP contribution in [-0.2, 0) is 4.79 Å². The van der Waals surface area contributed by atoms with E-state index in [0.29, 0.717) is 0 Å². The maximum atomic E-state index is 11.4. The Labute approximate surface area is 80.8 Å². The second kappa shape index (κ2) is 5.52. The van der Waals surface area contributed by atoms with E-state index in [0.717, 1.165) is 12.0 Å². The molecule has 0 aromatic heterocycles. The van der Waals surface area contributed by atoms with Crippen molar-refractivity contribution in [2.24, 2.45) is 5.92 Å². The van der Waals surface area contributed by atoms with E-state index in [4.69, 9.17) is 0 Å². The summed E-state index contributed by atoms with van der Waals surface area (Å²) in [5.41, 5.74) is 2.13. The molecule has 0 rings (SSSR count). The standard InChI is InChI=1S/C12H18O/c1-6-12(13)11(10(4)5)8-7-9(2)3/h6-7,11H,1,4,8H2,2-3,5H3. The molecule has 0 spiro atoms. The predicted octanol–water partition coefficient (Wildman–Crippen LogP) is 3.29. The summed E-state index contributed by atoms with van der Waals surface area (Å²) in [5, 5.41) is 0. The van der Waals surface area contributed by atoms with Crippen molar-refractivity contribution in [3.05, 3.63) is 36.5 Å². The molecule has 0 aliphatic heterocycles. The summed E-state index contributed by atoms with van der Waals surface area (Å²) in [5.74, 6) is -0.0302. The minimum absolute atomic E-state index is 0.0602. The minimum Gasteiger partial charge on any atom is -0.294 e. The average Bonchev–Trinajstić information content (AvgIpc) is 2.03. The fourth-order valence-corrected chi connectivity index (χ4v) is 1.06. The lowest BCUT2D eigenvalue weighted by molar-refractivity contribution is -0.117. The third-order valence-corrected chi connectivity index (χ3v) is 1.90. The molecule has 0 bridgehead atoms. The molecule has 0 aromatic carbocycles. The van der Waals surface area contributed by atoms with Crippen LogP contribution in [0.15, 0.2) is 36.5 Å². The van der Waals surface area contributed by atoms with Gasteiger partial charge < -0.3 is 0 Å². The Kier molecular flexibility index (Phi) is 5.05. The molecule has 0 fully saturated rings. The molecular weight excluding hydrogens is 160 g/mol. The first-order chi connectivity index (χ1) is 5.99. The number of carbonyl (C=O) groups is 1. The maximum Gasteiger partial charge on any atom is 0.162 e. The number of allylic oxidation sites excluding steroid dienone is 4. The Balaban J connectivity index is 4.45. The van der Waals surface area contributed by atoms with Crippen LogP contribution in [0.5, 0.6) is 0 Å². The first kappa shape index (κ1) is 11.9. The van der Waals surface area contributed by atoms with Gasteiger partial charge in [0.25, 0.3) is 0 Å². The van der Waals surface area contributed by atoms with E-state index in [1.807, 2.05) is 20.8 Å². The van der Waals surface area contributed by atoms with Crippen molar-refractivity contribution in [1.29, 1.82) is 0 Å². The van der Waals surface area contributed by atoms with Crippen molar-refractivity contribution < 1.29 is 4.79 Å². The number of hydrogen-bond donors (Lipinski definition) is 0. The van der Waals surface area contributed by atoms with E-state index in [1.165, 1.54) is 11.6 Å². The van der Waals surface area contributed by atoms with Gasteiger partial charge >= 0.3 is 0 Å². The van der Waals surface area contributed by atoms with Crippen molar-refractivity contribution >= 4 is 5.78 Å². The highest BCUT2D eigenvalue weighted by Gasteiger charge is 2.14. The highest BCUT2D eigenvalue weighted by Crippen LogP contribution is 2.16. The van der Waals surface area contributed by atoms with E-state index < -0.39 is 0 Å². The van der Waals surface area contributed by atoms with Crippen molar-refractivity contribution in [2.75, 3.05) is 0 Å². The van der Waals surface area contributed by atoms with Gasteiger partial charge in [0.05, 0.1) is 0 Å². The maximum absolute atomic E-state index is 11.4. The van der Waals surface area contributed by atoms with Gasteiger partial charge in [0.15, 0.2) is 5.78 Å². The average molecular weight is 178 g/mol. The van der Waals surface area contributed by atoms with Gasteiger partial charge in [-0.3, -0.25) is 4.79 Å². The van der Waals surface area contributed by atoms with Crippen molar-refractivity contribution in [3.8, 4) is 0 Å². The van der Waals surface area contributed by atoms with Crippen LogP contribution in [0.4, 0.5) is 0 Å². The van der Waals surface area contributed by atoms with Gasteiger partial charge in [-0.2, -0.15) is 0 Å². The van der Waals surface area contributed by atoms with E-state index in [1.54, 1.807) is 0 Å². The van der Waals surface area contributed by atoms with E-state index >= 15 is 0 Å². The van der Waals surface area contributed by atoms with Gasteiger partial charge in [-0.1, -0.05) is 30.4 Å². The van der Waals surface area contributed by atoms with Crippen LogP contribution in [0.1, 0.15) is 27.2 Å². The molecule has 1 unspecified atom stereocenters. The minimum atomic E-state index is -0.0904. The molecule has 0 N–H and O–H groups in total. The molecule has 1 atom stereocenters. The van der Waals surface area contributed by atoms with E-state index in [9.17, 15) is 4.79 Å². The van der Waals surface area contributed by atoms with Gasteiger partial charge in [-0.05, 0) is 33.3 Å². The van der Waals surface area contributed by atoms with E-state index in [-0.39, 0.29) is 11.7 Å². The van der Waals surface area contributed by atoms with Crippen LogP contribution < -0.4 is 0 Å². The number of hydrogen-bond acceptors (Lipinski definition) is 1. The van der Waals surface area contributed by atoms with Crippen molar-refractivity contribution in [3.63, 3.8) is 0 Å². The van der Waals surface area contributed by atoms with Crippen LogP contribution in [0, 0.1) is 5.92 Å². The number of ketones is 1. The Morgan fingerprint density at radius 2 is 1.92 bits per heavy atom. The van der Waals surface area contributed by atoms with Crippen LogP contribution >= 0.6 is 0 Å². The quantitative estimate of drug-likeness (QED) is 0.466. The molecule has 0 aliphatic rings. The van der Waals surface area contributed by atoms with Gasteiger partial charge in [-0.25, -0.2) is 0 Å². The summed E-state index contributed by atoms with van der Waals surface area (Å²) in [6.45, 7) is 13.2. The van der Waals surface area contributed by atoms with Gasteiger partial charge in [0, 0.05) is 5.92 Å². The monoisotopic (exact) mass is 178 g/mol. The second-order valence-electron chi connectivity index (χ2n) is 3.52. The molecular formula is C12H18O. The molecule has 13 heavy (non-hydrogen) atoms. The number of carbonyl (C=O) groups excluding carboxylic acids is 1. The largest absolute Gasteiger partial charge is 0.294 e. The molecule has 1 heteroatoms.